The number of benzene rings is 1. The second kappa shape index (κ2) is 6.86. The van der Waals surface area contributed by atoms with Crippen molar-refractivity contribution in [3.05, 3.63) is 48.6 Å². The lowest BCUT2D eigenvalue weighted by Gasteiger charge is -2.21. The molecule has 6 nitrogen and oxygen atoms in total. The van der Waals surface area contributed by atoms with Gasteiger partial charge in [0.05, 0.1) is 24.2 Å². The van der Waals surface area contributed by atoms with E-state index in [4.69, 9.17) is 0 Å². The maximum atomic E-state index is 13.8. The molecule has 0 bridgehead atoms. The molecule has 2 aromatic heterocycles. The van der Waals surface area contributed by atoms with Gasteiger partial charge in [-0.3, -0.25) is 0 Å². The standard InChI is InChI=1S/C19H20F2N4O2/c1-2-24-8-7-22-19(24)17-16(11-3-4-12(20)13(21)9-11)23-10-25(17)14-5-6-15(26)18(14)27/h3-4,7-10,14-15,18,26-27H,2,5-6H2,1H3/t14-,15-,18+/m1/s1. The van der Waals surface area contributed by atoms with Crippen molar-refractivity contribution >= 4 is 0 Å². The quantitative estimate of drug-likeness (QED) is 0.736. The minimum atomic E-state index is -0.955. The van der Waals surface area contributed by atoms with Crippen molar-refractivity contribution in [1.82, 2.24) is 19.1 Å². The van der Waals surface area contributed by atoms with E-state index in [9.17, 15) is 19.0 Å². The van der Waals surface area contributed by atoms with Crippen LogP contribution in [0, 0.1) is 11.6 Å². The molecule has 0 unspecified atom stereocenters. The van der Waals surface area contributed by atoms with Crippen LogP contribution in [-0.2, 0) is 6.54 Å². The molecule has 142 valence electrons. The summed E-state index contributed by atoms with van der Waals surface area (Å²) < 4.78 is 30.9. The van der Waals surface area contributed by atoms with E-state index < -0.39 is 23.8 Å². The van der Waals surface area contributed by atoms with Crippen LogP contribution in [0.2, 0.25) is 0 Å². The summed E-state index contributed by atoms with van der Waals surface area (Å²) in [6.07, 6.45) is 4.37. The van der Waals surface area contributed by atoms with E-state index >= 15 is 0 Å². The molecular formula is C19H20F2N4O2. The van der Waals surface area contributed by atoms with Gasteiger partial charge in [-0.15, -0.1) is 0 Å². The van der Waals surface area contributed by atoms with Crippen molar-refractivity contribution in [1.29, 1.82) is 0 Å². The molecule has 1 aromatic carbocycles. The van der Waals surface area contributed by atoms with Crippen LogP contribution in [0.3, 0.4) is 0 Å². The van der Waals surface area contributed by atoms with Gasteiger partial charge < -0.3 is 19.3 Å². The number of nitrogens with zero attached hydrogens (tertiary/aromatic N) is 4. The normalized spacial score (nSPS) is 22.5. The molecule has 4 rings (SSSR count). The Bertz CT molecular complexity index is 969. The molecule has 1 aliphatic carbocycles. The van der Waals surface area contributed by atoms with Crippen LogP contribution in [0.4, 0.5) is 8.78 Å². The van der Waals surface area contributed by atoms with Gasteiger partial charge >= 0.3 is 0 Å². The third kappa shape index (κ3) is 2.94. The number of imidazole rings is 2. The molecule has 0 amide bonds. The van der Waals surface area contributed by atoms with Crippen LogP contribution < -0.4 is 0 Å². The third-order valence-corrected chi connectivity index (χ3v) is 5.16. The topological polar surface area (TPSA) is 76.1 Å². The fourth-order valence-electron chi connectivity index (χ4n) is 3.71. The zero-order valence-electron chi connectivity index (χ0n) is 14.8. The first-order valence-corrected chi connectivity index (χ1v) is 8.91. The predicted octanol–water partition coefficient (Wildman–Crippen LogP) is 2.77. The highest BCUT2D eigenvalue weighted by molar-refractivity contribution is 5.75. The number of aliphatic hydroxyl groups is 2. The summed E-state index contributed by atoms with van der Waals surface area (Å²) in [6, 6.07) is 3.26. The largest absolute Gasteiger partial charge is 0.390 e. The molecule has 1 fully saturated rings. The van der Waals surface area contributed by atoms with Crippen LogP contribution in [0.5, 0.6) is 0 Å². The van der Waals surface area contributed by atoms with Crippen molar-refractivity contribution in [2.45, 2.75) is 44.6 Å². The highest BCUT2D eigenvalue weighted by Gasteiger charge is 2.37. The van der Waals surface area contributed by atoms with Gasteiger partial charge in [0.25, 0.3) is 0 Å². The van der Waals surface area contributed by atoms with Crippen molar-refractivity contribution in [3.63, 3.8) is 0 Å². The lowest BCUT2D eigenvalue weighted by molar-refractivity contribution is 0.0237. The minimum Gasteiger partial charge on any atom is -0.390 e. The zero-order valence-corrected chi connectivity index (χ0v) is 14.8. The number of aromatic nitrogens is 4. The lowest BCUT2D eigenvalue weighted by atomic mass is 10.1. The maximum Gasteiger partial charge on any atom is 0.159 e. The smallest absolute Gasteiger partial charge is 0.159 e. The Kier molecular flexibility index (Phi) is 4.53. The molecule has 2 heterocycles. The average molecular weight is 374 g/mol. The Labute approximate surface area is 154 Å². The molecule has 3 aromatic rings. The third-order valence-electron chi connectivity index (χ3n) is 5.16. The molecule has 0 spiro atoms. The Morgan fingerprint density at radius 2 is 1.96 bits per heavy atom. The molecule has 0 aliphatic heterocycles. The van der Waals surface area contributed by atoms with E-state index in [1.165, 1.54) is 6.07 Å². The molecule has 3 atom stereocenters. The number of halogens is 2. The van der Waals surface area contributed by atoms with Crippen LogP contribution in [0.15, 0.2) is 36.9 Å². The summed E-state index contributed by atoms with van der Waals surface area (Å²) in [5, 5.41) is 20.3. The number of hydrogen-bond acceptors (Lipinski definition) is 4. The molecule has 2 N–H and O–H groups in total. The molecule has 0 saturated heterocycles. The van der Waals surface area contributed by atoms with E-state index in [0.717, 1.165) is 12.1 Å². The Balaban J connectivity index is 1.91. The van der Waals surface area contributed by atoms with Crippen LogP contribution >= 0.6 is 0 Å². The fourth-order valence-corrected chi connectivity index (χ4v) is 3.71. The number of aryl methyl sites for hydroxylation is 1. The van der Waals surface area contributed by atoms with Gasteiger partial charge in [0.2, 0.25) is 0 Å². The highest BCUT2D eigenvalue weighted by atomic mass is 19.2. The Morgan fingerprint density at radius 3 is 2.63 bits per heavy atom. The van der Waals surface area contributed by atoms with E-state index in [1.54, 1.807) is 17.1 Å². The number of hydrogen-bond donors (Lipinski definition) is 2. The maximum absolute atomic E-state index is 13.8. The summed E-state index contributed by atoms with van der Waals surface area (Å²) in [5.74, 6) is -1.27. The fraction of sp³-hybridized carbons (Fsp3) is 0.368. The van der Waals surface area contributed by atoms with Gasteiger partial charge in [-0.25, -0.2) is 18.7 Å². The molecule has 0 radical (unpaired) electrons. The van der Waals surface area contributed by atoms with Gasteiger partial charge in [0.15, 0.2) is 17.5 Å². The molecular weight excluding hydrogens is 354 g/mol. The van der Waals surface area contributed by atoms with Crippen LogP contribution in [-0.4, -0.2) is 41.5 Å². The van der Waals surface area contributed by atoms with Gasteiger partial charge in [0.1, 0.15) is 11.8 Å². The summed E-state index contributed by atoms with van der Waals surface area (Å²) in [4.78, 5) is 8.84. The monoisotopic (exact) mass is 374 g/mol. The van der Waals surface area contributed by atoms with Crippen molar-refractivity contribution in [3.8, 4) is 22.8 Å². The van der Waals surface area contributed by atoms with Gasteiger partial charge in [-0.2, -0.15) is 0 Å². The first kappa shape index (κ1) is 17.8. The Morgan fingerprint density at radius 1 is 1.15 bits per heavy atom. The zero-order chi connectivity index (χ0) is 19.1. The number of rotatable bonds is 4. The second-order valence-electron chi connectivity index (χ2n) is 6.72. The van der Waals surface area contributed by atoms with E-state index in [0.29, 0.717) is 42.2 Å². The molecule has 27 heavy (non-hydrogen) atoms. The van der Waals surface area contributed by atoms with Crippen molar-refractivity contribution in [2.24, 2.45) is 0 Å². The van der Waals surface area contributed by atoms with Crippen molar-refractivity contribution in [2.75, 3.05) is 0 Å². The second-order valence-corrected chi connectivity index (χ2v) is 6.72. The molecule has 8 heteroatoms. The lowest BCUT2D eigenvalue weighted by Crippen LogP contribution is -2.27. The summed E-state index contributed by atoms with van der Waals surface area (Å²) in [7, 11) is 0. The average Bonchev–Trinajstić information content (AvgIpc) is 3.36. The number of aliphatic hydroxyl groups excluding tert-OH is 2. The summed E-state index contributed by atoms with van der Waals surface area (Å²) in [5.41, 5.74) is 1.47. The Hall–Kier alpha value is -2.58. The predicted molar refractivity (Wildman–Crippen MR) is 94.8 cm³/mol. The van der Waals surface area contributed by atoms with E-state index in [-0.39, 0.29) is 6.04 Å². The minimum absolute atomic E-state index is 0.372. The highest BCUT2D eigenvalue weighted by Crippen LogP contribution is 2.38. The summed E-state index contributed by atoms with van der Waals surface area (Å²) in [6.45, 7) is 2.63. The van der Waals surface area contributed by atoms with Crippen LogP contribution in [0.25, 0.3) is 22.8 Å². The molecule has 1 aliphatic rings. The first-order valence-electron chi connectivity index (χ1n) is 8.91. The summed E-state index contributed by atoms with van der Waals surface area (Å²) >= 11 is 0. The van der Waals surface area contributed by atoms with Gasteiger partial charge in [0, 0.05) is 24.5 Å². The van der Waals surface area contributed by atoms with Crippen molar-refractivity contribution < 1.29 is 19.0 Å². The van der Waals surface area contributed by atoms with Gasteiger partial charge in [-0.05, 0) is 38.0 Å². The first-order chi connectivity index (χ1) is 13.0. The molecule has 1 saturated carbocycles. The van der Waals surface area contributed by atoms with Crippen LogP contribution in [0.1, 0.15) is 25.8 Å². The SMILES string of the molecule is CCn1ccnc1-c1c(-c2ccc(F)c(F)c2)ncn1[C@@H]1CC[C@@H](O)[C@H]1O. The van der Waals surface area contributed by atoms with E-state index in [2.05, 4.69) is 9.97 Å². The van der Waals surface area contributed by atoms with Gasteiger partial charge in [-0.1, -0.05) is 0 Å². The van der Waals surface area contributed by atoms with E-state index in [1.807, 2.05) is 17.7 Å².